The Morgan fingerprint density at radius 1 is 1.07 bits per heavy atom. The molecule has 0 atom stereocenters. The zero-order valence-corrected chi connectivity index (χ0v) is 17.7. The number of anilines is 1. The lowest BCUT2D eigenvalue weighted by molar-refractivity contribution is -0.122. The third kappa shape index (κ3) is 3.92. The summed E-state index contributed by atoms with van der Waals surface area (Å²) in [5, 5.41) is 2.63. The van der Waals surface area contributed by atoms with Gasteiger partial charge in [0.2, 0.25) is 0 Å². The van der Waals surface area contributed by atoms with E-state index in [2.05, 4.69) is 37.2 Å². The van der Waals surface area contributed by atoms with Crippen molar-refractivity contribution in [3.05, 3.63) is 61.5 Å². The van der Waals surface area contributed by atoms with Gasteiger partial charge in [-0.3, -0.25) is 14.9 Å². The fourth-order valence-corrected chi connectivity index (χ4v) is 4.18. The molecule has 0 radical (unpaired) electrons. The summed E-state index contributed by atoms with van der Waals surface area (Å²) in [5.74, 6) is -0.915. The van der Waals surface area contributed by atoms with Gasteiger partial charge in [-0.05, 0) is 79.9 Å². The molecule has 9 heteroatoms. The van der Waals surface area contributed by atoms with E-state index in [-0.39, 0.29) is 5.57 Å². The van der Waals surface area contributed by atoms with Gasteiger partial charge in [-0.15, -0.1) is 0 Å². The van der Waals surface area contributed by atoms with Gasteiger partial charge in [-0.2, -0.15) is 0 Å². The van der Waals surface area contributed by atoms with Crippen LogP contribution in [0.5, 0.6) is 5.75 Å². The minimum Gasteiger partial charge on any atom is -0.494 e. The van der Waals surface area contributed by atoms with Crippen LogP contribution in [-0.4, -0.2) is 25.0 Å². The highest BCUT2D eigenvalue weighted by Gasteiger charge is 2.36. The average Bonchev–Trinajstić information content (AvgIpc) is 2.60. The molecule has 0 aromatic heterocycles. The lowest BCUT2D eigenvalue weighted by Crippen LogP contribution is -2.54. The second kappa shape index (κ2) is 7.84. The van der Waals surface area contributed by atoms with E-state index >= 15 is 0 Å². The molecule has 1 aliphatic heterocycles. The summed E-state index contributed by atoms with van der Waals surface area (Å²) >= 11 is 12.6. The molecule has 0 spiro atoms. The van der Waals surface area contributed by atoms with Crippen LogP contribution in [0.4, 0.5) is 10.5 Å². The van der Waals surface area contributed by atoms with Crippen LogP contribution in [-0.2, 0) is 9.59 Å². The molecular formula is C18H11Br2ClN2O4. The molecule has 27 heavy (non-hydrogen) atoms. The van der Waals surface area contributed by atoms with Crippen molar-refractivity contribution in [1.29, 1.82) is 0 Å². The Hall–Kier alpha value is -2.16. The number of rotatable bonds is 3. The second-order valence-electron chi connectivity index (χ2n) is 5.45. The minimum absolute atomic E-state index is 0.173. The van der Waals surface area contributed by atoms with Gasteiger partial charge in [0.25, 0.3) is 11.8 Å². The SMILES string of the molecule is COc1c(Br)cc(/C=C2\C(=O)NC(=O)N(c3ccc(Cl)cc3)C2=O)cc1Br. The number of amides is 4. The summed E-state index contributed by atoms with van der Waals surface area (Å²) in [6.45, 7) is 0. The summed E-state index contributed by atoms with van der Waals surface area (Å²) in [7, 11) is 1.52. The Bertz CT molecular complexity index is 966. The number of hydrogen-bond acceptors (Lipinski definition) is 4. The van der Waals surface area contributed by atoms with Crippen molar-refractivity contribution in [2.24, 2.45) is 0 Å². The van der Waals surface area contributed by atoms with Crippen molar-refractivity contribution in [2.75, 3.05) is 12.0 Å². The molecule has 1 N–H and O–H groups in total. The molecule has 1 saturated heterocycles. The Kier molecular flexibility index (Phi) is 5.69. The van der Waals surface area contributed by atoms with Crippen molar-refractivity contribution in [3.8, 4) is 5.75 Å². The van der Waals surface area contributed by atoms with E-state index in [0.717, 1.165) is 4.90 Å². The van der Waals surface area contributed by atoms with Crippen molar-refractivity contribution >= 4 is 73.1 Å². The molecule has 138 valence electrons. The van der Waals surface area contributed by atoms with Crippen LogP contribution < -0.4 is 15.0 Å². The van der Waals surface area contributed by atoms with E-state index in [1.165, 1.54) is 25.3 Å². The Morgan fingerprint density at radius 2 is 1.67 bits per heavy atom. The van der Waals surface area contributed by atoms with Gasteiger partial charge in [-0.1, -0.05) is 11.6 Å². The number of carbonyl (C=O) groups excluding carboxylic acids is 3. The highest BCUT2D eigenvalue weighted by molar-refractivity contribution is 9.11. The molecule has 1 fully saturated rings. The van der Waals surface area contributed by atoms with E-state index in [0.29, 0.717) is 31.0 Å². The largest absolute Gasteiger partial charge is 0.494 e. The minimum atomic E-state index is -0.818. The molecule has 4 amide bonds. The van der Waals surface area contributed by atoms with Gasteiger partial charge in [0.05, 0.1) is 21.7 Å². The van der Waals surface area contributed by atoms with Crippen LogP contribution in [0.3, 0.4) is 0 Å². The second-order valence-corrected chi connectivity index (χ2v) is 7.60. The van der Waals surface area contributed by atoms with E-state index < -0.39 is 17.8 Å². The topological polar surface area (TPSA) is 75.7 Å². The number of carbonyl (C=O) groups is 3. The van der Waals surface area contributed by atoms with Crippen molar-refractivity contribution in [2.45, 2.75) is 0 Å². The third-order valence-corrected chi connectivity index (χ3v) is 5.15. The first-order chi connectivity index (χ1) is 12.8. The average molecular weight is 515 g/mol. The molecule has 0 unspecified atom stereocenters. The first-order valence-corrected chi connectivity index (χ1v) is 9.48. The number of hydrogen-bond donors (Lipinski definition) is 1. The predicted octanol–water partition coefficient (Wildman–Crippen LogP) is 4.54. The summed E-state index contributed by atoms with van der Waals surface area (Å²) in [6, 6.07) is 8.72. The number of nitrogens with zero attached hydrogens (tertiary/aromatic N) is 1. The Balaban J connectivity index is 2.03. The van der Waals surface area contributed by atoms with Gasteiger partial charge in [-0.25, -0.2) is 9.69 Å². The highest BCUT2D eigenvalue weighted by Crippen LogP contribution is 2.35. The fraction of sp³-hybridized carbons (Fsp3) is 0.0556. The molecule has 1 aliphatic rings. The maximum atomic E-state index is 12.8. The summed E-state index contributed by atoms with van der Waals surface area (Å²) in [4.78, 5) is 38.1. The van der Waals surface area contributed by atoms with Gasteiger partial charge < -0.3 is 4.74 Å². The van der Waals surface area contributed by atoms with Crippen LogP contribution in [0.25, 0.3) is 6.08 Å². The molecule has 2 aromatic rings. The molecule has 1 heterocycles. The molecule has 2 aromatic carbocycles. The molecule has 0 saturated carbocycles. The van der Waals surface area contributed by atoms with E-state index in [9.17, 15) is 14.4 Å². The fourth-order valence-electron chi connectivity index (χ4n) is 2.51. The van der Waals surface area contributed by atoms with Crippen LogP contribution in [0.1, 0.15) is 5.56 Å². The highest BCUT2D eigenvalue weighted by atomic mass is 79.9. The predicted molar refractivity (Wildman–Crippen MR) is 109 cm³/mol. The Labute approximate surface area is 176 Å². The third-order valence-electron chi connectivity index (χ3n) is 3.72. The maximum absolute atomic E-state index is 12.8. The molecule has 3 rings (SSSR count). The number of imide groups is 2. The quantitative estimate of drug-likeness (QED) is 0.482. The van der Waals surface area contributed by atoms with Crippen LogP contribution >= 0.6 is 43.5 Å². The molecule has 6 nitrogen and oxygen atoms in total. The van der Waals surface area contributed by atoms with Crippen molar-refractivity contribution in [1.82, 2.24) is 5.32 Å². The number of urea groups is 1. The molecule has 0 aliphatic carbocycles. The van der Waals surface area contributed by atoms with Gasteiger partial charge in [0.1, 0.15) is 11.3 Å². The number of ether oxygens (including phenoxy) is 1. The first-order valence-electron chi connectivity index (χ1n) is 7.52. The van der Waals surface area contributed by atoms with Gasteiger partial charge >= 0.3 is 6.03 Å². The number of nitrogens with one attached hydrogen (secondary N) is 1. The zero-order chi connectivity index (χ0) is 19.7. The lowest BCUT2D eigenvalue weighted by atomic mass is 10.1. The van der Waals surface area contributed by atoms with Crippen LogP contribution in [0.2, 0.25) is 5.02 Å². The monoisotopic (exact) mass is 512 g/mol. The van der Waals surface area contributed by atoms with E-state index in [1.54, 1.807) is 24.3 Å². The lowest BCUT2D eigenvalue weighted by Gasteiger charge is -2.26. The van der Waals surface area contributed by atoms with Crippen LogP contribution in [0, 0.1) is 0 Å². The Morgan fingerprint density at radius 3 is 2.22 bits per heavy atom. The number of methoxy groups -OCH3 is 1. The number of barbiturate groups is 1. The molecular weight excluding hydrogens is 503 g/mol. The van der Waals surface area contributed by atoms with Crippen molar-refractivity contribution in [3.63, 3.8) is 0 Å². The zero-order valence-electron chi connectivity index (χ0n) is 13.8. The first kappa shape index (κ1) is 19.6. The van der Waals surface area contributed by atoms with Crippen molar-refractivity contribution < 1.29 is 19.1 Å². The van der Waals surface area contributed by atoms with Crippen LogP contribution in [0.15, 0.2) is 50.9 Å². The summed E-state index contributed by atoms with van der Waals surface area (Å²) < 4.78 is 6.52. The smallest absolute Gasteiger partial charge is 0.335 e. The standard InChI is InChI=1S/C18H11Br2ClN2O4/c1-27-15-13(19)7-9(8-14(15)20)6-12-16(24)22-18(26)23(17(12)25)11-4-2-10(21)3-5-11/h2-8H,1H3,(H,22,24,26)/b12-6+. The summed E-state index contributed by atoms with van der Waals surface area (Å²) in [5.41, 5.74) is 0.698. The van der Waals surface area contributed by atoms with E-state index in [4.69, 9.17) is 16.3 Å². The number of halogens is 3. The van der Waals surface area contributed by atoms with E-state index in [1.807, 2.05) is 0 Å². The molecule has 0 bridgehead atoms. The summed E-state index contributed by atoms with van der Waals surface area (Å²) in [6.07, 6.45) is 1.40. The van der Waals surface area contributed by atoms with Gasteiger partial charge in [0.15, 0.2) is 0 Å². The number of benzene rings is 2. The maximum Gasteiger partial charge on any atom is 0.335 e. The normalized spacial score (nSPS) is 15.9. The van der Waals surface area contributed by atoms with Gasteiger partial charge in [0, 0.05) is 5.02 Å².